The number of amides is 1. The van der Waals surface area contributed by atoms with Crippen LogP contribution in [-0.4, -0.2) is 40.1 Å². The average molecular weight is 367 g/mol. The monoisotopic (exact) mass is 367 g/mol. The number of carbonyl (C=O) groups is 2. The minimum absolute atomic E-state index is 0.0889. The predicted molar refractivity (Wildman–Crippen MR) is 103 cm³/mol. The SMILES string of the molecule is O=C(O)c1ccccc1CCC(=O)N1CCC(Cc2cccc(O)c2)CC1. The van der Waals surface area contributed by atoms with E-state index in [0.717, 1.165) is 37.9 Å². The third-order valence-electron chi connectivity index (χ3n) is 5.26. The van der Waals surface area contributed by atoms with Gasteiger partial charge in [0.05, 0.1) is 5.56 Å². The van der Waals surface area contributed by atoms with E-state index >= 15 is 0 Å². The maximum atomic E-state index is 12.5. The van der Waals surface area contributed by atoms with Crippen molar-refractivity contribution >= 4 is 11.9 Å². The first-order chi connectivity index (χ1) is 13.0. The molecule has 0 atom stereocenters. The summed E-state index contributed by atoms with van der Waals surface area (Å²) in [6.45, 7) is 1.48. The standard InChI is InChI=1S/C22H25NO4/c24-19-6-3-4-17(15-19)14-16-10-12-23(13-11-16)21(25)9-8-18-5-1-2-7-20(18)22(26)27/h1-7,15-16,24H,8-14H2,(H,26,27). The number of rotatable bonds is 6. The number of carboxylic acids is 1. The molecule has 2 aromatic carbocycles. The molecular formula is C22H25NO4. The second kappa shape index (κ2) is 8.71. The van der Waals surface area contributed by atoms with Gasteiger partial charge in [-0.2, -0.15) is 0 Å². The molecule has 1 heterocycles. The number of phenols is 1. The van der Waals surface area contributed by atoms with Gasteiger partial charge in [-0.15, -0.1) is 0 Å². The lowest BCUT2D eigenvalue weighted by molar-refractivity contribution is -0.132. The van der Waals surface area contributed by atoms with Crippen LogP contribution in [0.3, 0.4) is 0 Å². The Labute approximate surface area is 159 Å². The number of nitrogens with zero attached hydrogens (tertiary/aromatic N) is 1. The molecule has 0 aliphatic carbocycles. The first kappa shape index (κ1) is 19.0. The van der Waals surface area contributed by atoms with Gasteiger partial charge >= 0.3 is 5.97 Å². The second-order valence-electron chi connectivity index (χ2n) is 7.16. The molecule has 0 spiro atoms. The van der Waals surface area contributed by atoms with Gasteiger partial charge in [-0.3, -0.25) is 4.79 Å². The van der Waals surface area contributed by atoms with Gasteiger partial charge in [0.1, 0.15) is 5.75 Å². The van der Waals surface area contributed by atoms with Gasteiger partial charge in [0.25, 0.3) is 0 Å². The normalized spacial score (nSPS) is 14.9. The Morgan fingerprint density at radius 3 is 2.48 bits per heavy atom. The smallest absolute Gasteiger partial charge is 0.335 e. The number of benzene rings is 2. The van der Waals surface area contributed by atoms with Crippen molar-refractivity contribution in [2.24, 2.45) is 5.92 Å². The average Bonchev–Trinajstić information content (AvgIpc) is 2.67. The van der Waals surface area contributed by atoms with E-state index in [1.54, 1.807) is 36.4 Å². The lowest BCUT2D eigenvalue weighted by Gasteiger charge is -2.32. The molecule has 1 saturated heterocycles. The maximum absolute atomic E-state index is 12.5. The number of carboxylic acid groups (broad SMARTS) is 1. The Morgan fingerprint density at radius 1 is 1.04 bits per heavy atom. The van der Waals surface area contributed by atoms with Crippen molar-refractivity contribution < 1.29 is 19.8 Å². The van der Waals surface area contributed by atoms with Crippen LogP contribution in [0.25, 0.3) is 0 Å². The van der Waals surface area contributed by atoms with Crippen molar-refractivity contribution in [3.63, 3.8) is 0 Å². The van der Waals surface area contributed by atoms with Gasteiger partial charge < -0.3 is 15.1 Å². The Balaban J connectivity index is 1.48. The van der Waals surface area contributed by atoms with Gasteiger partial charge in [-0.1, -0.05) is 30.3 Å². The van der Waals surface area contributed by atoms with Crippen LogP contribution in [0.1, 0.15) is 40.7 Å². The fourth-order valence-electron chi connectivity index (χ4n) is 3.75. The van der Waals surface area contributed by atoms with Gasteiger partial charge in [0, 0.05) is 19.5 Å². The third kappa shape index (κ3) is 5.09. The predicted octanol–water partition coefficient (Wildman–Crippen LogP) is 3.50. The Hall–Kier alpha value is -2.82. The Morgan fingerprint density at radius 2 is 1.78 bits per heavy atom. The number of aromatic carboxylic acids is 1. The summed E-state index contributed by atoms with van der Waals surface area (Å²) in [6.07, 6.45) is 3.61. The summed E-state index contributed by atoms with van der Waals surface area (Å²) in [4.78, 5) is 25.7. The quantitative estimate of drug-likeness (QED) is 0.819. The first-order valence-electron chi connectivity index (χ1n) is 9.40. The van der Waals surface area contributed by atoms with Crippen molar-refractivity contribution in [2.75, 3.05) is 13.1 Å². The van der Waals surface area contributed by atoms with Crippen molar-refractivity contribution in [3.05, 3.63) is 65.2 Å². The van der Waals surface area contributed by atoms with Crippen LogP contribution in [-0.2, 0) is 17.6 Å². The molecular weight excluding hydrogens is 342 g/mol. The number of aromatic hydroxyl groups is 1. The molecule has 5 nitrogen and oxygen atoms in total. The summed E-state index contributed by atoms with van der Waals surface area (Å²) in [5, 5.41) is 18.8. The maximum Gasteiger partial charge on any atom is 0.335 e. The molecule has 3 rings (SSSR count). The lowest BCUT2D eigenvalue weighted by Crippen LogP contribution is -2.39. The van der Waals surface area contributed by atoms with E-state index in [-0.39, 0.29) is 11.5 Å². The van der Waals surface area contributed by atoms with Gasteiger partial charge in [-0.25, -0.2) is 4.79 Å². The van der Waals surface area contributed by atoms with E-state index in [1.807, 2.05) is 17.0 Å². The van der Waals surface area contributed by atoms with Crippen LogP contribution in [0.5, 0.6) is 5.75 Å². The molecule has 0 aromatic heterocycles. The topological polar surface area (TPSA) is 77.8 Å². The lowest BCUT2D eigenvalue weighted by atomic mass is 9.90. The number of hydrogen-bond donors (Lipinski definition) is 2. The molecule has 2 N–H and O–H groups in total. The Kier molecular flexibility index (Phi) is 6.12. The molecule has 5 heteroatoms. The van der Waals surface area contributed by atoms with Crippen molar-refractivity contribution in [3.8, 4) is 5.75 Å². The van der Waals surface area contributed by atoms with Crippen LogP contribution in [0.4, 0.5) is 0 Å². The zero-order valence-electron chi connectivity index (χ0n) is 15.3. The van der Waals surface area contributed by atoms with Gasteiger partial charge in [0.2, 0.25) is 5.91 Å². The van der Waals surface area contributed by atoms with E-state index in [0.29, 0.717) is 30.1 Å². The fourth-order valence-corrected chi connectivity index (χ4v) is 3.75. The number of carbonyl (C=O) groups excluding carboxylic acids is 1. The summed E-state index contributed by atoms with van der Waals surface area (Å²) in [7, 11) is 0. The molecule has 1 amide bonds. The highest BCUT2D eigenvalue weighted by Crippen LogP contribution is 2.24. The third-order valence-corrected chi connectivity index (χ3v) is 5.26. The Bertz CT molecular complexity index is 809. The van der Waals surface area contributed by atoms with Gasteiger partial charge in [0.15, 0.2) is 0 Å². The molecule has 0 bridgehead atoms. The molecule has 0 unspecified atom stereocenters. The van der Waals surface area contributed by atoms with Crippen LogP contribution >= 0.6 is 0 Å². The van der Waals surface area contributed by atoms with Crippen LogP contribution in [0.15, 0.2) is 48.5 Å². The zero-order chi connectivity index (χ0) is 19.2. The summed E-state index contributed by atoms with van der Waals surface area (Å²) < 4.78 is 0. The largest absolute Gasteiger partial charge is 0.508 e. The van der Waals surface area contributed by atoms with Crippen molar-refractivity contribution in [1.29, 1.82) is 0 Å². The summed E-state index contributed by atoms with van der Waals surface area (Å²) in [5.41, 5.74) is 2.11. The van der Waals surface area contributed by atoms with Crippen LogP contribution in [0.2, 0.25) is 0 Å². The van der Waals surface area contributed by atoms with Crippen molar-refractivity contribution in [1.82, 2.24) is 4.90 Å². The molecule has 142 valence electrons. The second-order valence-corrected chi connectivity index (χ2v) is 7.16. The number of likely N-dealkylation sites (tertiary alicyclic amines) is 1. The minimum Gasteiger partial charge on any atom is -0.508 e. The number of aryl methyl sites for hydroxylation is 1. The first-order valence-corrected chi connectivity index (χ1v) is 9.40. The zero-order valence-corrected chi connectivity index (χ0v) is 15.3. The number of piperidine rings is 1. The van der Waals surface area contributed by atoms with Gasteiger partial charge in [-0.05, 0) is 60.9 Å². The number of hydrogen-bond acceptors (Lipinski definition) is 3. The number of phenolic OH excluding ortho intramolecular Hbond substituents is 1. The molecule has 0 saturated carbocycles. The highest BCUT2D eigenvalue weighted by atomic mass is 16.4. The van der Waals surface area contributed by atoms with Crippen LogP contribution in [0, 0.1) is 5.92 Å². The highest BCUT2D eigenvalue weighted by Gasteiger charge is 2.23. The molecule has 27 heavy (non-hydrogen) atoms. The van der Waals surface area contributed by atoms with E-state index in [1.165, 1.54) is 0 Å². The summed E-state index contributed by atoms with van der Waals surface area (Å²) in [6, 6.07) is 14.2. The minimum atomic E-state index is -0.953. The molecule has 1 aliphatic heterocycles. The van der Waals surface area contributed by atoms with Crippen molar-refractivity contribution in [2.45, 2.75) is 32.1 Å². The molecule has 1 aliphatic rings. The molecule has 1 fully saturated rings. The highest BCUT2D eigenvalue weighted by molar-refractivity contribution is 5.89. The van der Waals surface area contributed by atoms with Crippen LogP contribution < -0.4 is 0 Å². The fraction of sp³-hybridized carbons (Fsp3) is 0.364. The molecule has 0 radical (unpaired) electrons. The van der Waals surface area contributed by atoms with E-state index in [9.17, 15) is 19.8 Å². The molecule has 2 aromatic rings. The summed E-state index contributed by atoms with van der Waals surface area (Å²) in [5.74, 6) is -0.0536. The summed E-state index contributed by atoms with van der Waals surface area (Å²) >= 11 is 0. The van der Waals surface area contributed by atoms with E-state index < -0.39 is 5.97 Å². The van der Waals surface area contributed by atoms with E-state index in [2.05, 4.69) is 0 Å². The van der Waals surface area contributed by atoms with E-state index in [4.69, 9.17) is 0 Å².